The van der Waals surface area contributed by atoms with Crippen molar-refractivity contribution >= 4 is 23.5 Å². The van der Waals surface area contributed by atoms with E-state index < -0.39 is 23.2 Å². The Morgan fingerprint density at radius 1 is 1.11 bits per heavy atom. The van der Waals surface area contributed by atoms with Crippen molar-refractivity contribution in [1.82, 2.24) is 5.32 Å². The fourth-order valence-corrected chi connectivity index (χ4v) is 2.71. The van der Waals surface area contributed by atoms with Gasteiger partial charge in [-0.15, -0.1) is 0 Å². The average molecular weight is 386 g/mol. The first-order chi connectivity index (χ1) is 13.3. The zero-order chi connectivity index (χ0) is 20.7. The summed E-state index contributed by atoms with van der Waals surface area (Å²) in [7, 11) is 1.26. The molecule has 0 aliphatic heterocycles. The summed E-state index contributed by atoms with van der Waals surface area (Å²) >= 11 is 0. The van der Waals surface area contributed by atoms with Gasteiger partial charge in [-0.05, 0) is 42.8 Å². The first-order valence-electron chi connectivity index (χ1n) is 8.82. The molecular formula is C21H23FN2O4. The van der Waals surface area contributed by atoms with E-state index in [4.69, 9.17) is 4.74 Å². The van der Waals surface area contributed by atoms with Gasteiger partial charge in [-0.1, -0.05) is 25.1 Å². The van der Waals surface area contributed by atoms with Gasteiger partial charge in [-0.2, -0.15) is 0 Å². The van der Waals surface area contributed by atoms with Gasteiger partial charge >= 0.3 is 5.97 Å². The summed E-state index contributed by atoms with van der Waals surface area (Å²) in [5.41, 5.74) is 0.256. The molecule has 0 bridgehead atoms. The minimum Gasteiger partial charge on any atom is -0.469 e. The monoisotopic (exact) mass is 386 g/mol. The van der Waals surface area contributed by atoms with Gasteiger partial charge in [0, 0.05) is 17.7 Å². The van der Waals surface area contributed by atoms with Crippen molar-refractivity contribution in [2.24, 2.45) is 0 Å². The molecule has 0 spiro atoms. The average Bonchev–Trinajstić information content (AvgIpc) is 2.68. The number of carbonyl (C=O) groups is 3. The van der Waals surface area contributed by atoms with Crippen molar-refractivity contribution in [3.8, 4) is 0 Å². The lowest BCUT2D eigenvalue weighted by Crippen LogP contribution is -2.45. The van der Waals surface area contributed by atoms with Gasteiger partial charge in [0.15, 0.2) is 0 Å². The Balaban J connectivity index is 2.29. The molecule has 0 saturated heterocycles. The molecule has 0 radical (unpaired) electrons. The summed E-state index contributed by atoms with van der Waals surface area (Å²) in [5.74, 6) is -1.55. The van der Waals surface area contributed by atoms with E-state index >= 15 is 0 Å². The smallest absolute Gasteiger partial charge is 0.308 e. The van der Waals surface area contributed by atoms with Crippen LogP contribution < -0.4 is 10.6 Å². The molecule has 2 N–H and O–H groups in total. The van der Waals surface area contributed by atoms with Crippen LogP contribution in [0.2, 0.25) is 0 Å². The second-order valence-electron chi connectivity index (χ2n) is 6.53. The molecule has 2 amide bonds. The van der Waals surface area contributed by atoms with Crippen LogP contribution in [0.25, 0.3) is 0 Å². The molecule has 0 aliphatic carbocycles. The van der Waals surface area contributed by atoms with Crippen LogP contribution in [0.3, 0.4) is 0 Å². The Morgan fingerprint density at radius 3 is 2.39 bits per heavy atom. The molecule has 2 aromatic carbocycles. The van der Waals surface area contributed by atoms with Crippen LogP contribution in [-0.4, -0.2) is 24.9 Å². The van der Waals surface area contributed by atoms with Crippen LogP contribution in [0.5, 0.6) is 0 Å². The Labute approximate surface area is 163 Å². The normalized spacial score (nSPS) is 12.6. The molecule has 0 fully saturated rings. The summed E-state index contributed by atoms with van der Waals surface area (Å²) < 4.78 is 18.0. The maximum atomic E-state index is 13.3. The fourth-order valence-electron chi connectivity index (χ4n) is 2.71. The lowest BCUT2D eigenvalue weighted by Gasteiger charge is -2.30. The molecule has 6 nitrogen and oxygen atoms in total. The molecule has 2 rings (SSSR count). The Kier molecular flexibility index (Phi) is 6.87. The standard InChI is InChI=1S/C21H23FN2O4/c1-4-18(25)23-17-7-5-6-14(12-17)20(27)24-21(2,13-19(26)28-3)15-8-10-16(22)11-9-15/h5-12H,4,13H2,1-3H3,(H,23,25)(H,24,27)/t21-/m0/s1. The number of halogens is 1. The van der Waals surface area contributed by atoms with Gasteiger partial charge < -0.3 is 15.4 Å². The molecule has 148 valence electrons. The van der Waals surface area contributed by atoms with Crippen molar-refractivity contribution in [3.05, 3.63) is 65.5 Å². The van der Waals surface area contributed by atoms with Crippen LogP contribution in [0, 0.1) is 5.82 Å². The van der Waals surface area contributed by atoms with E-state index in [-0.39, 0.29) is 12.3 Å². The molecule has 0 unspecified atom stereocenters. The van der Waals surface area contributed by atoms with Gasteiger partial charge in [-0.25, -0.2) is 4.39 Å². The molecule has 0 saturated carbocycles. The van der Waals surface area contributed by atoms with Crippen molar-refractivity contribution < 1.29 is 23.5 Å². The van der Waals surface area contributed by atoms with E-state index in [1.165, 1.54) is 31.4 Å². The zero-order valence-electron chi connectivity index (χ0n) is 16.0. The number of nitrogens with one attached hydrogen (secondary N) is 2. The van der Waals surface area contributed by atoms with Gasteiger partial charge in [-0.3, -0.25) is 14.4 Å². The first-order valence-corrected chi connectivity index (χ1v) is 8.82. The third kappa shape index (κ3) is 5.39. The number of methoxy groups -OCH3 is 1. The number of benzene rings is 2. The summed E-state index contributed by atoms with van der Waals surface area (Å²) in [6.07, 6.45) is 0.186. The van der Waals surface area contributed by atoms with Gasteiger partial charge in [0.2, 0.25) is 5.91 Å². The number of carbonyl (C=O) groups excluding carboxylic acids is 3. The van der Waals surface area contributed by atoms with Gasteiger partial charge in [0.1, 0.15) is 5.82 Å². The Hall–Kier alpha value is -3.22. The quantitative estimate of drug-likeness (QED) is 0.715. The molecule has 2 aromatic rings. The largest absolute Gasteiger partial charge is 0.469 e. The highest BCUT2D eigenvalue weighted by molar-refractivity contribution is 5.97. The van der Waals surface area contributed by atoms with Crippen molar-refractivity contribution in [2.45, 2.75) is 32.2 Å². The number of ether oxygens (including phenoxy) is 1. The van der Waals surface area contributed by atoms with Crippen molar-refractivity contribution in [3.63, 3.8) is 0 Å². The molecule has 28 heavy (non-hydrogen) atoms. The van der Waals surface area contributed by atoms with Crippen molar-refractivity contribution in [1.29, 1.82) is 0 Å². The molecule has 0 aromatic heterocycles. The molecule has 0 heterocycles. The highest BCUT2D eigenvalue weighted by Gasteiger charge is 2.32. The maximum Gasteiger partial charge on any atom is 0.308 e. The second-order valence-corrected chi connectivity index (χ2v) is 6.53. The van der Waals surface area contributed by atoms with E-state index in [9.17, 15) is 18.8 Å². The van der Waals surface area contributed by atoms with E-state index in [0.29, 0.717) is 23.2 Å². The Bertz CT molecular complexity index is 867. The maximum absolute atomic E-state index is 13.3. The second kappa shape index (κ2) is 9.12. The molecule has 0 aliphatic rings. The lowest BCUT2D eigenvalue weighted by atomic mass is 9.88. The predicted molar refractivity (Wildman–Crippen MR) is 103 cm³/mol. The number of hydrogen-bond donors (Lipinski definition) is 2. The summed E-state index contributed by atoms with van der Waals surface area (Å²) in [6, 6.07) is 12.0. The van der Waals surface area contributed by atoms with Crippen LogP contribution >= 0.6 is 0 Å². The molecule has 7 heteroatoms. The third-order valence-electron chi connectivity index (χ3n) is 4.33. The number of amides is 2. The highest BCUT2D eigenvalue weighted by atomic mass is 19.1. The summed E-state index contributed by atoms with van der Waals surface area (Å²) in [4.78, 5) is 36.3. The number of anilines is 1. The number of rotatable bonds is 7. The van der Waals surface area contributed by atoms with E-state index in [0.717, 1.165) is 0 Å². The number of esters is 1. The summed E-state index contributed by atoms with van der Waals surface area (Å²) in [6.45, 7) is 3.39. The predicted octanol–water partition coefficient (Wildman–Crippen LogP) is 3.38. The van der Waals surface area contributed by atoms with Crippen LogP contribution in [0.15, 0.2) is 48.5 Å². The third-order valence-corrected chi connectivity index (χ3v) is 4.33. The topological polar surface area (TPSA) is 84.5 Å². The Morgan fingerprint density at radius 2 is 1.79 bits per heavy atom. The van der Waals surface area contributed by atoms with E-state index in [1.54, 1.807) is 38.1 Å². The zero-order valence-corrected chi connectivity index (χ0v) is 16.0. The van der Waals surface area contributed by atoms with E-state index in [1.807, 2.05) is 0 Å². The summed E-state index contributed by atoms with van der Waals surface area (Å²) in [5, 5.41) is 5.52. The van der Waals surface area contributed by atoms with Crippen LogP contribution in [0.4, 0.5) is 10.1 Å². The minimum atomic E-state index is -1.11. The lowest BCUT2D eigenvalue weighted by molar-refractivity contribution is -0.142. The van der Waals surface area contributed by atoms with Crippen LogP contribution in [0.1, 0.15) is 42.6 Å². The van der Waals surface area contributed by atoms with Crippen molar-refractivity contribution in [2.75, 3.05) is 12.4 Å². The molecule has 1 atom stereocenters. The van der Waals surface area contributed by atoms with Gasteiger partial charge in [0.25, 0.3) is 5.91 Å². The first kappa shape index (κ1) is 21.1. The van der Waals surface area contributed by atoms with E-state index in [2.05, 4.69) is 10.6 Å². The number of hydrogen-bond acceptors (Lipinski definition) is 4. The minimum absolute atomic E-state index is 0.132. The molecular weight excluding hydrogens is 363 g/mol. The van der Waals surface area contributed by atoms with Gasteiger partial charge in [0.05, 0.1) is 19.1 Å². The van der Waals surface area contributed by atoms with Crippen LogP contribution in [-0.2, 0) is 19.9 Å². The fraction of sp³-hybridized carbons (Fsp3) is 0.286. The highest BCUT2D eigenvalue weighted by Crippen LogP contribution is 2.26. The SMILES string of the molecule is CCC(=O)Nc1cccc(C(=O)N[C@@](C)(CC(=O)OC)c2ccc(F)cc2)c1.